The molecular weight excluding hydrogens is 208 g/mol. The third-order valence-electron chi connectivity index (χ3n) is 2.25. The minimum absolute atomic E-state index is 0.190. The number of aromatic nitrogens is 1. The summed E-state index contributed by atoms with van der Waals surface area (Å²) in [5.41, 5.74) is 2.06. The van der Waals surface area contributed by atoms with Gasteiger partial charge in [-0.15, -0.1) is 0 Å². The van der Waals surface area contributed by atoms with E-state index in [9.17, 15) is 4.21 Å². The maximum Gasteiger partial charge on any atom is 0.0544 e. The second-order valence-corrected chi connectivity index (χ2v) is 5.51. The summed E-state index contributed by atoms with van der Waals surface area (Å²) in [5.74, 6) is 0. The van der Waals surface area contributed by atoms with E-state index in [1.54, 1.807) is 6.26 Å². The molecule has 0 bridgehead atoms. The Bertz CT molecular complexity index is 341. The van der Waals surface area contributed by atoms with E-state index in [-0.39, 0.29) is 5.25 Å². The average molecular weight is 226 g/mol. The lowest BCUT2D eigenvalue weighted by Gasteiger charge is -2.09. The molecule has 1 rings (SSSR count). The molecule has 0 fully saturated rings. The first-order chi connectivity index (χ1) is 7.09. The number of rotatable bonds is 5. The summed E-state index contributed by atoms with van der Waals surface area (Å²) in [6.07, 6.45) is 1.73. The van der Waals surface area contributed by atoms with Gasteiger partial charge in [-0.3, -0.25) is 9.19 Å². The standard InChI is InChI=1S/C11H18N2OS/c1-9-5-4-6-11(13-9)8-12-7-10(2)15(3)14/h4-6,10,12H,7-8H2,1-3H3. The van der Waals surface area contributed by atoms with E-state index in [0.717, 1.165) is 24.5 Å². The predicted octanol–water partition coefficient (Wildman–Crippen LogP) is 1.25. The van der Waals surface area contributed by atoms with Crippen LogP contribution in [0.5, 0.6) is 0 Å². The third kappa shape index (κ3) is 4.53. The average Bonchev–Trinajstić information content (AvgIpc) is 2.17. The molecule has 0 aromatic carbocycles. The summed E-state index contributed by atoms with van der Waals surface area (Å²) >= 11 is 0. The number of nitrogens with one attached hydrogen (secondary N) is 1. The van der Waals surface area contributed by atoms with Crippen molar-refractivity contribution in [2.45, 2.75) is 25.6 Å². The van der Waals surface area contributed by atoms with Gasteiger partial charge in [0.05, 0.1) is 5.69 Å². The molecule has 1 aromatic rings. The number of aryl methyl sites for hydroxylation is 1. The molecule has 0 saturated heterocycles. The van der Waals surface area contributed by atoms with Crippen LogP contribution in [0.15, 0.2) is 18.2 Å². The van der Waals surface area contributed by atoms with Gasteiger partial charge < -0.3 is 5.32 Å². The van der Waals surface area contributed by atoms with Crippen LogP contribution in [0.3, 0.4) is 0 Å². The topological polar surface area (TPSA) is 42.0 Å². The van der Waals surface area contributed by atoms with Gasteiger partial charge in [0, 0.05) is 41.1 Å². The maximum absolute atomic E-state index is 11.1. The van der Waals surface area contributed by atoms with Crippen LogP contribution < -0.4 is 5.32 Å². The molecule has 2 unspecified atom stereocenters. The molecule has 1 N–H and O–H groups in total. The highest BCUT2D eigenvalue weighted by atomic mass is 32.2. The number of hydrogen-bond donors (Lipinski definition) is 1. The predicted molar refractivity (Wildman–Crippen MR) is 64.2 cm³/mol. The molecule has 0 aliphatic rings. The molecule has 2 atom stereocenters. The SMILES string of the molecule is Cc1cccc(CNCC(C)S(C)=O)n1. The van der Waals surface area contributed by atoms with E-state index < -0.39 is 10.8 Å². The van der Waals surface area contributed by atoms with Crippen LogP contribution >= 0.6 is 0 Å². The highest BCUT2D eigenvalue weighted by Gasteiger charge is 2.04. The number of nitrogens with zero attached hydrogens (tertiary/aromatic N) is 1. The summed E-state index contributed by atoms with van der Waals surface area (Å²) in [4.78, 5) is 4.38. The Kier molecular flexibility index (Phi) is 4.91. The van der Waals surface area contributed by atoms with Crippen molar-refractivity contribution in [2.24, 2.45) is 0 Å². The second kappa shape index (κ2) is 5.98. The quantitative estimate of drug-likeness (QED) is 0.821. The first-order valence-electron chi connectivity index (χ1n) is 5.05. The fourth-order valence-electron chi connectivity index (χ4n) is 1.22. The fourth-order valence-corrected chi connectivity index (χ4v) is 1.57. The minimum atomic E-state index is -0.756. The van der Waals surface area contributed by atoms with Gasteiger partial charge in [-0.25, -0.2) is 0 Å². The van der Waals surface area contributed by atoms with Crippen LogP contribution in [0.1, 0.15) is 18.3 Å². The van der Waals surface area contributed by atoms with Crippen molar-refractivity contribution in [1.82, 2.24) is 10.3 Å². The number of hydrogen-bond acceptors (Lipinski definition) is 3. The molecule has 4 heteroatoms. The lowest BCUT2D eigenvalue weighted by Crippen LogP contribution is -2.27. The van der Waals surface area contributed by atoms with E-state index in [4.69, 9.17) is 0 Å². The van der Waals surface area contributed by atoms with Crippen molar-refractivity contribution in [1.29, 1.82) is 0 Å². The maximum atomic E-state index is 11.1. The summed E-state index contributed by atoms with van der Waals surface area (Å²) in [6, 6.07) is 5.97. The highest BCUT2D eigenvalue weighted by molar-refractivity contribution is 7.84. The van der Waals surface area contributed by atoms with E-state index >= 15 is 0 Å². The summed E-state index contributed by atoms with van der Waals surface area (Å²) in [5, 5.41) is 3.44. The molecule has 84 valence electrons. The molecule has 0 radical (unpaired) electrons. The molecule has 1 heterocycles. The van der Waals surface area contributed by atoms with Gasteiger partial charge in [0.1, 0.15) is 0 Å². The van der Waals surface area contributed by atoms with E-state index in [0.29, 0.717) is 0 Å². The second-order valence-electron chi connectivity index (χ2n) is 3.71. The van der Waals surface area contributed by atoms with Gasteiger partial charge >= 0.3 is 0 Å². The van der Waals surface area contributed by atoms with Crippen molar-refractivity contribution in [3.63, 3.8) is 0 Å². The lowest BCUT2D eigenvalue weighted by molar-refractivity contribution is 0.641. The minimum Gasteiger partial charge on any atom is -0.310 e. The molecular formula is C11H18N2OS. The molecule has 15 heavy (non-hydrogen) atoms. The zero-order chi connectivity index (χ0) is 11.3. The largest absolute Gasteiger partial charge is 0.310 e. The molecule has 0 aliphatic carbocycles. The van der Waals surface area contributed by atoms with Crippen molar-refractivity contribution >= 4 is 10.8 Å². The van der Waals surface area contributed by atoms with Gasteiger partial charge in [-0.2, -0.15) is 0 Å². The zero-order valence-electron chi connectivity index (χ0n) is 9.49. The van der Waals surface area contributed by atoms with Crippen molar-refractivity contribution in [3.8, 4) is 0 Å². The van der Waals surface area contributed by atoms with Crippen LogP contribution in [0.2, 0.25) is 0 Å². The fraction of sp³-hybridized carbons (Fsp3) is 0.545. The molecule has 0 amide bonds. The normalized spacial score (nSPS) is 14.9. The van der Waals surface area contributed by atoms with E-state index in [1.807, 2.05) is 32.0 Å². The Labute approximate surface area is 93.8 Å². The zero-order valence-corrected chi connectivity index (χ0v) is 10.3. The van der Waals surface area contributed by atoms with Crippen LogP contribution in [-0.4, -0.2) is 27.2 Å². The molecule has 3 nitrogen and oxygen atoms in total. The molecule has 1 aromatic heterocycles. The Balaban J connectivity index is 2.35. The van der Waals surface area contributed by atoms with Crippen LogP contribution in [0, 0.1) is 6.92 Å². The Morgan fingerprint density at radius 3 is 2.87 bits per heavy atom. The Hall–Kier alpha value is -0.740. The van der Waals surface area contributed by atoms with Gasteiger partial charge in [0.25, 0.3) is 0 Å². The monoisotopic (exact) mass is 226 g/mol. The number of pyridine rings is 1. The van der Waals surface area contributed by atoms with Gasteiger partial charge in [-0.05, 0) is 26.0 Å². The summed E-state index contributed by atoms with van der Waals surface area (Å²) in [6.45, 7) is 5.46. The first kappa shape index (κ1) is 12.3. The summed E-state index contributed by atoms with van der Waals surface area (Å²) in [7, 11) is -0.756. The molecule has 0 saturated carbocycles. The lowest BCUT2D eigenvalue weighted by atomic mass is 10.3. The van der Waals surface area contributed by atoms with Gasteiger partial charge in [0.2, 0.25) is 0 Å². The molecule has 0 aliphatic heterocycles. The third-order valence-corrected chi connectivity index (χ3v) is 3.55. The van der Waals surface area contributed by atoms with Gasteiger partial charge in [-0.1, -0.05) is 6.07 Å². The Morgan fingerprint density at radius 2 is 2.27 bits per heavy atom. The highest BCUT2D eigenvalue weighted by Crippen LogP contribution is 1.98. The smallest absolute Gasteiger partial charge is 0.0544 e. The van der Waals surface area contributed by atoms with Crippen LogP contribution in [0.25, 0.3) is 0 Å². The molecule has 0 spiro atoms. The van der Waals surface area contributed by atoms with Gasteiger partial charge in [0.15, 0.2) is 0 Å². The first-order valence-corrected chi connectivity index (χ1v) is 6.67. The van der Waals surface area contributed by atoms with Crippen LogP contribution in [0.4, 0.5) is 0 Å². The van der Waals surface area contributed by atoms with Crippen molar-refractivity contribution in [3.05, 3.63) is 29.6 Å². The Morgan fingerprint density at radius 1 is 1.53 bits per heavy atom. The van der Waals surface area contributed by atoms with E-state index in [2.05, 4.69) is 10.3 Å². The van der Waals surface area contributed by atoms with Crippen molar-refractivity contribution < 1.29 is 4.21 Å². The van der Waals surface area contributed by atoms with Crippen LogP contribution in [-0.2, 0) is 17.3 Å². The van der Waals surface area contributed by atoms with Crippen molar-refractivity contribution in [2.75, 3.05) is 12.8 Å². The van der Waals surface area contributed by atoms with E-state index in [1.165, 1.54) is 0 Å². The summed E-state index contributed by atoms with van der Waals surface area (Å²) < 4.78 is 11.1.